The number of carbonyl (C=O) groups excluding carboxylic acids is 2. The average molecular weight is 482 g/mol. The van der Waals surface area contributed by atoms with Gasteiger partial charge in [0.2, 0.25) is 5.91 Å². The number of nitrogens with zero attached hydrogens (tertiary/aromatic N) is 1. The molecule has 0 atom stereocenters. The summed E-state index contributed by atoms with van der Waals surface area (Å²) < 4.78 is 5.09. The highest BCUT2D eigenvalue weighted by atomic mass is 35.5. The summed E-state index contributed by atoms with van der Waals surface area (Å²) in [4.78, 5) is 28.8. The van der Waals surface area contributed by atoms with E-state index in [4.69, 9.17) is 27.9 Å². The molecule has 2 aromatic carbocycles. The van der Waals surface area contributed by atoms with Gasteiger partial charge in [0, 0.05) is 21.8 Å². The number of thiazole rings is 1. The summed E-state index contributed by atoms with van der Waals surface area (Å²) >= 11 is 14.7. The number of hydrogen-bond acceptors (Lipinski definition) is 6. The second-order valence-corrected chi connectivity index (χ2v) is 8.68. The molecule has 0 aliphatic carbocycles. The van der Waals surface area contributed by atoms with Crippen molar-refractivity contribution in [3.63, 3.8) is 0 Å². The number of ether oxygens (including phenoxy) is 1. The Bertz CT molecular complexity index is 1040. The van der Waals surface area contributed by atoms with Crippen LogP contribution in [0.4, 0.5) is 10.8 Å². The second kappa shape index (κ2) is 10.7. The van der Waals surface area contributed by atoms with Crippen molar-refractivity contribution in [1.82, 2.24) is 4.98 Å². The maximum atomic E-state index is 12.3. The number of anilines is 2. The summed E-state index contributed by atoms with van der Waals surface area (Å²) in [6.07, 6.45) is 0. The topological polar surface area (TPSA) is 80.3 Å². The number of thioether (sulfide) groups is 1. The summed E-state index contributed by atoms with van der Waals surface area (Å²) in [5.41, 5.74) is 1.81. The number of nitrogens with one attached hydrogen (secondary N) is 2. The Morgan fingerprint density at radius 2 is 1.90 bits per heavy atom. The maximum Gasteiger partial charge on any atom is 0.258 e. The van der Waals surface area contributed by atoms with Crippen LogP contribution in [0.15, 0.2) is 47.8 Å². The van der Waals surface area contributed by atoms with E-state index in [2.05, 4.69) is 15.6 Å². The van der Waals surface area contributed by atoms with Gasteiger partial charge in [0.15, 0.2) is 5.13 Å². The minimum Gasteiger partial charge on any atom is -0.497 e. The molecule has 30 heavy (non-hydrogen) atoms. The number of rotatable bonds is 8. The van der Waals surface area contributed by atoms with Gasteiger partial charge in [-0.2, -0.15) is 0 Å². The van der Waals surface area contributed by atoms with E-state index < -0.39 is 0 Å². The number of aromatic nitrogens is 1. The lowest BCUT2D eigenvalue weighted by Crippen LogP contribution is -2.14. The van der Waals surface area contributed by atoms with Gasteiger partial charge in [-0.15, -0.1) is 23.1 Å². The van der Waals surface area contributed by atoms with Crippen LogP contribution >= 0.6 is 46.3 Å². The fraction of sp³-hybridized carbons (Fsp3) is 0.150. The average Bonchev–Trinajstić information content (AvgIpc) is 3.15. The standard InChI is InChI=1S/C20H17Cl2N3O3S2/c1-28-15-5-3-13(4-6-15)23-18(26)11-29-9-14-10-30-20(24-14)25-19(27)16-7-2-12(21)8-17(16)22/h2-8,10H,9,11H2,1H3,(H,23,26)(H,24,25,27). The summed E-state index contributed by atoms with van der Waals surface area (Å²) in [5.74, 6) is 1.10. The predicted molar refractivity (Wildman–Crippen MR) is 124 cm³/mol. The first-order chi connectivity index (χ1) is 14.4. The van der Waals surface area contributed by atoms with Crippen molar-refractivity contribution in [3.05, 3.63) is 69.1 Å². The molecule has 0 unspecified atom stereocenters. The highest BCUT2D eigenvalue weighted by Crippen LogP contribution is 2.24. The third-order valence-corrected chi connectivity index (χ3v) is 6.13. The normalized spacial score (nSPS) is 10.5. The van der Waals surface area contributed by atoms with Crippen molar-refractivity contribution >= 4 is 68.9 Å². The van der Waals surface area contributed by atoms with Crippen LogP contribution in [-0.4, -0.2) is 29.7 Å². The first-order valence-electron chi connectivity index (χ1n) is 8.67. The van der Waals surface area contributed by atoms with E-state index in [0.717, 1.165) is 11.4 Å². The Balaban J connectivity index is 1.45. The molecular formula is C20H17Cl2N3O3S2. The maximum absolute atomic E-state index is 12.3. The van der Waals surface area contributed by atoms with Gasteiger partial charge in [-0.3, -0.25) is 14.9 Å². The fourth-order valence-corrected chi connectivity index (χ4v) is 4.41. The van der Waals surface area contributed by atoms with Crippen molar-refractivity contribution in [3.8, 4) is 5.75 Å². The molecule has 0 fully saturated rings. The third kappa shape index (κ3) is 6.37. The van der Waals surface area contributed by atoms with Gasteiger partial charge >= 0.3 is 0 Å². The fourth-order valence-electron chi connectivity index (χ4n) is 2.39. The Labute approximate surface area is 191 Å². The third-order valence-electron chi connectivity index (χ3n) is 3.80. The van der Waals surface area contributed by atoms with E-state index in [1.54, 1.807) is 43.5 Å². The summed E-state index contributed by atoms with van der Waals surface area (Å²) in [6, 6.07) is 11.8. The molecule has 0 aliphatic heterocycles. The molecule has 6 nitrogen and oxygen atoms in total. The minimum atomic E-state index is -0.357. The molecule has 0 saturated heterocycles. The zero-order chi connectivity index (χ0) is 21.5. The molecule has 0 saturated carbocycles. The van der Waals surface area contributed by atoms with Crippen LogP contribution in [0.3, 0.4) is 0 Å². The van der Waals surface area contributed by atoms with Crippen LogP contribution in [-0.2, 0) is 10.5 Å². The number of carbonyl (C=O) groups is 2. The highest BCUT2D eigenvalue weighted by molar-refractivity contribution is 7.99. The monoisotopic (exact) mass is 481 g/mol. The van der Waals surface area contributed by atoms with Crippen LogP contribution in [0.1, 0.15) is 16.1 Å². The van der Waals surface area contributed by atoms with E-state index in [1.807, 2.05) is 5.38 Å². The summed E-state index contributed by atoms with van der Waals surface area (Å²) in [5, 5.41) is 8.58. The highest BCUT2D eigenvalue weighted by Gasteiger charge is 2.13. The molecule has 0 spiro atoms. The minimum absolute atomic E-state index is 0.105. The zero-order valence-corrected chi connectivity index (χ0v) is 18.9. The van der Waals surface area contributed by atoms with Crippen LogP contribution in [0, 0.1) is 0 Å². The van der Waals surface area contributed by atoms with E-state index in [9.17, 15) is 9.59 Å². The molecule has 2 N–H and O–H groups in total. The predicted octanol–water partition coefficient (Wildman–Crippen LogP) is 5.58. The molecule has 0 aliphatic rings. The van der Waals surface area contributed by atoms with E-state index in [1.165, 1.54) is 29.2 Å². The molecule has 3 rings (SSSR count). The van der Waals surface area contributed by atoms with Gasteiger partial charge in [0.05, 0.1) is 29.1 Å². The Morgan fingerprint density at radius 1 is 1.13 bits per heavy atom. The molecule has 0 bridgehead atoms. The van der Waals surface area contributed by atoms with Crippen LogP contribution in [0.25, 0.3) is 0 Å². The van der Waals surface area contributed by atoms with E-state index >= 15 is 0 Å². The summed E-state index contributed by atoms with van der Waals surface area (Å²) in [7, 11) is 1.59. The Morgan fingerprint density at radius 3 is 2.60 bits per heavy atom. The lowest BCUT2D eigenvalue weighted by Gasteiger charge is -2.06. The molecule has 156 valence electrons. The zero-order valence-electron chi connectivity index (χ0n) is 15.8. The SMILES string of the molecule is COc1ccc(NC(=O)CSCc2csc(NC(=O)c3ccc(Cl)cc3Cl)n2)cc1. The molecule has 1 heterocycles. The molecule has 10 heteroatoms. The number of methoxy groups -OCH3 is 1. The van der Waals surface area contributed by atoms with E-state index in [0.29, 0.717) is 27.2 Å². The summed E-state index contributed by atoms with van der Waals surface area (Å²) in [6.45, 7) is 0. The lowest BCUT2D eigenvalue weighted by atomic mass is 10.2. The van der Waals surface area contributed by atoms with Crippen molar-refractivity contribution in [2.45, 2.75) is 5.75 Å². The van der Waals surface area contributed by atoms with Gasteiger partial charge in [-0.25, -0.2) is 4.98 Å². The largest absolute Gasteiger partial charge is 0.497 e. The first kappa shape index (κ1) is 22.4. The molecule has 0 radical (unpaired) electrons. The van der Waals surface area contributed by atoms with Gasteiger partial charge in [0.1, 0.15) is 5.75 Å². The molecule has 2 amide bonds. The van der Waals surface area contributed by atoms with E-state index in [-0.39, 0.29) is 22.6 Å². The van der Waals surface area contributed by atoms with Gasteiger partial charge < -0.3 is 10.1 Å². The quantitative estimate of drug-likeness (QED) is 0.438. The van der Waals surface area contributed by atoms with Crippen LogP contribution < -0.4 is 15.4 Å². The van der Waals surface area contributed by atoms with Gasteiger partial charge in [-0.1, -0.05) is 23.2 Å². The number of hydrogen-bond donors (Lipinski definition) is 2. The Kier molecular flexibility index (Phi) is 7.98. The van der Waals surface area contributed by atoms with Crippen LogP contribution in [0.2, 0.25) is 10.0 Å². The number of halogens is 2. The van der Waals surface area contributed by atoms with Crippen molar-refractivity contribution < 1.29 is 14.3 Å². The van der Waals surface area contributed by atoms with Crippen molar-refractivity contribution in [2.75, 3.05) is 23.5 Å². The first-order valence-corrected chi connectivity index (χ1v) is 11.5. The molecule has 3 aromatic rings. The van der Waals surface area contributed by atoms with Crippen molar-refractivity contribution in [2.24, 2.45) is 0 Å². The number of benzene rings is 2. The van der Waals surface area contributed by atoms with Crippen LogP contribution in [0.5, 0.6) is 5.75 Å². The second-order valence-electron chi connectivity index (χ2n) is 5.99. The van der Waals surface area contributed by atoms with Gasteiger partial charge in [-0.05, 0) is 42.5 Å². The lowest BCUT2D eigenvalue weighted by molar-refractivity contribution is -0.113. The molecular weight excluding hydrogens is 465 g/mol. The molecule has 1 aromatic heterocycles. The smallest absolute Gasteiger partial charge is 0.258 e. The van der Waals surface area contributed by atoms with Crippen molar-refractivity contribution in [1.29, 1.82) is 0 Å². The number of amides is 2. The van der Waals surface area contributed by atoms with Gasteiger partial charge in [0.25, 0.3) is 5.91 Å². The Hall–Kier alpha value is -2.26.